The largest absolute Gasteiger partial charge is 0.482 e. The van der Waals surface area contributed by atoms with Crippen LogP contribution in [0.3, 0.4) is 0 Å². The maximum Gasteiger partial charge on any atom is 0.134 e. The summed E-state index contributed by atoms with van der Waals surface area (Å²) in [5.41, 5.74) is 2.09. The van der Waals surface area contributed by atoms with Crippen LogP contribution in [0.5, 0.6) is 5.75 Å². The van der Waals surface area contributed by atoms with E-state index in [4.69, 9.17) is 4.74 Å². The number of hydrogen-bond donors (Lipinski definition) is 1. The number of hydrogen-bond acceptors (Lipinski definition) is 2. The maximum atomic E-state index is 13.3. The molecule has 0 saturated heterocycles. The second-order valence-electron chi connectivity index (χ2n) is 5.60. The molecule has 2 aromatic carbocycles. The van der Waals surface area contributed by atoms with E-state index in [9.17, 15) is 9.50 Å². The quantitative estimate of drug-likeness (QED) is 0.854. The van der Waals surface area contributed by atoms with E-state index in [1.807, 2.05) is 32.0 Å². The number of ether oxygens (including phenoxy) is 1. The normalized spacial score (nSPS) is 24.9. The third-order valence-corrected chi connectivity index (χ3v) is 3.88. The van der Waals surface area contributed by atoms with E-state index in [0.717, 1.165) is 11.1 Å². The highest BCUT2D eigenvalue weighted by Gasteiger charge is 2.38. The van der Waals surface area contributed by atoms with Gasteiger partial charge in [0.25, 0.3) is 0 Å². The van der Waals surface area contributed by atoms with E-state index in [-0.39, 0.29) is 5.82 Å². The van der Waals surface area contributed by atoms with Gasteiger partial charge in [0.15, 0.2) is 0 Å². The minimum atomic E-state index is -0.722. The summed E-state index contributed by atoms with van der Waals surface area (Å²) < 4.78 is 19.3. The number of halogens is 1. The maximum absolute atomic E-state index is 13.3. The Morgan fingerprint density at radius 1 is 1.25 bits per heavy atom. The molecule has 0 spiro atoms. The first-order valence-electron chi connectivity index (χ1n) is 6.72. The van der Waals surface area contributed by atoms with Gasteiger partial charge in [-0.1, -0.05) is 29.8 Å². The lowest BCUT2D eigenvalue weighted by molar-refractivity contribution is -0.00515. The predicted molar refractivity (Wildman–Crippen MR) is 75.1 cm³/mol. The van der Waals surface area contributed by atoms with Gasteiger partial charge in [0.05, 0.1) is 6.10 Å². The fourth-order valence-electron chi connectivity index (χ4n) is 2.79. The lowest BCUT2D eigenvalue weighted by Gasteiger charge is -2.38. The minimum Gasteiger partial charge on any atom is -0.482 e. The first-order chi connectivity index (χ1) is 9.48. The van der Waals surface area contributed by atoms with E-state index in [1.54, 1.807) is 6.07 Å². The van der Waals surface area contributed by atoms with Crippen molar-refractivity contribution < 1.29 is 14.2 Å². The van der Waals surface area contributed by atoms with Gasteiger partial charge in [0.2, 0.25) is 0 Å². The molecule has 0 saturated carbocycles. The Morgan fingerprint density at radius 3 is 2.80 bits per heavy atom. The number of aliphatic hydroxyl groups excluding tert-OH is 1. The Morgan fingerprint density at radius 2 is 2.05 bits per heavy atom. The van der Waals surface area contributed by atoms with Crippen molar-refractivity contribution in [2.45, 2.75) is 32.0 Å². The molecule has 1 aliphatic heterocycles. The molecule has 2 nitrogen and oxygen atoms in total. The van der Waals surface area contributed by atoms with E-state index < -0.39 is 11.7 Å². The summed E-state index contributed by atoms with van der Waals surface area (Å²) in [5, 5.41) is 10.3. The molecule has 104 valence electrons. The molecule has 0 bridgehead atoms. The zero-order chi connectivity index (χ0) is 14.3. The second-order valence-corrected chi connectivity index (χ2v) is 5.60. The summed E-state index contributed by atoms with van der Waals surface area (Å²) in [6.07, 6.45) is -0.313. The van der Waals surface area contributed by atoms with Crippen LogP contribution in [0.4, 0.5) is 4.39 Å². The van der Waals surface area contributed by atoms with Crippen LogP contribution in [-0.4, -0.2) is 5.11 Å². The van der Waals surface area contributed by atoms with Crippen molar-refractivity contribution >= 4 is 0 Å². The fourth-order valence-corrected chi connectivity index (χ4v) is 2.79. The lowest BCUT2D eigenvalue weighted by Crippen LogP contribution is -2.35. The monoisotopic (exact) mass is 272 g/mol. The summed E-state index contributed by atoms with van der Waals surface area (Å²) in [6.45, 7) is 3.98. The molecule has 2 aromatic rings. The average Bonchev–Trinajstić information content (AvgIpc) is 2.40. The molecule has 1 unspecified atom stereocenters. The average molecular weight is 272 g/mol. The van der Waals surface area contributed by atoms with Crippen LogP contribution < -0.4 is 4.74 Å². The highest BCUT2D eigenvalue weighted by molar-refractivity contribution is 5.40. The van der Waals surface area contributed by atoms with E-state index in [1.165, 1.54) is 12.1 Å². The van der Waals surface area contributed by atoms with Gasteiger partial charge < -0.3 is 9.84 Å². The van der Waals surface area contributed by atoms with Crippen molar-refractivity contribution in [3.8, 4) is 5.75 Å². The van der Waals surface area contributed by atoms with Gasteiger partial charge in [-0.2, -0.15) is 0 Å². The fraction of sp³-hybridized carbons (Fsp3) is 0.294. The molecule has 3 rings (SSSR count). The first kappa shape index (κ1) is 13.1. The molecule has 0 aromatic heterocycles. The second kappa shape index (κ2) is 4.60. The summed E-state index contributed by atoms with van der Waals surface area (Å²) in [7, 11) is 0. The summed E-state index contributed by atoms with van der Waals surface area (Å²) >= 11 is 0. The van der Waals surface area contributed by atoms with Gasteiger partial charge in [-0.25, -0.2) is 4.39 Å². The molecular formula is C17H17FO2. The molecule has 0 aliphatic carbocycles. The molecule has 1 aliphatic rings. The number of aliphatic hydroxyl groups is 1. The standard InChI is InChI=1S/C17H17FO2/c1-11-4-3-5-12(8-11)17(2)10-15(19)14-9-13(18)6-7-16(14)20-17/h3-9,15,19H,10H2,1-2H3/t15-,17?/m0/s1. The van der Waals surface area contributed by atoms with Crippen LogP contribution in [0, 0.1) is 12.7 Å². The van der Waals surface area contributed by atoms with Gasteiger partial charge >= 0.3 is 0 Å². The molecule has 20 heavy (non-hydrogen) atoms. The number of rotatable bonds is 1. The third-order valence-electron chi connectivity index (χ3n) is 3.88. The Bertz CT molecular complexity index is 653. The molecule has 0 amide bonds. The van der Waals surface area contributed by atoms with Crippen molar-refractivity contribution in [3.05, 3.63) is 65.0 Å². The zero-order valence-electron chi connectivity index (χ0n) is 11.6. The topological polar surface area (TPSA) is 29.5 Å². The van der Waals surface area contributed by atoms with E-state index >= 15 is 0 Å². The highest BCUT2D eigenvalue weighted by Crippen LogP contribution is 2.44. The van der Waals surface area contributed by atoms with Crippen LogP contribution in [0.15, 0.2) is 42.5 Å². The van der Waals surface area contributed by atoms with Gasteiger partial charge in [0, 0.05) is 12.0 Å². The molecular weight excluding hydrogens is 255 g/mol. The predicted octanol–water partition coefficient (Wildman–Crippen LogP) is 3.87. The van der Waals surface area contributed by atoms with Gasteiger partial charge in [0.1, 0.15) is 17.2 Å². The lowest BCUT2D eigenvalue weighted by atomic mass is 9.84. The summed E-state index contributed by atoms with van der Waals surface area (Å²) in [6, 6.07) is 12.3. The molecule has 3 heteroatoms. The van der Waals surface area contributed by atoms with E-state index in [0.29, 0.717) is 17.7 Å². The van der Waals surface area contributed by atoms with Crippen LogP contribution in [0.2, 0.25) is 0 Å². The smallest absolute Gasteiger partial charge is 0.134 e. The van der Waals surface area contributed by atoms with Crippen molar-refractivity contribution in [2.24, 2.45) is 0 Å². The van der Waals surface area contributed by atoms with Gasteiger partial charge in [-0.15, -0.1) is 0 Å². The first-order valence-corrected chi connectivity index (χ1v) is 6.72. The number of aryl methyl sites for hydroxylation is 1. The van der Waals surface area contributed by atoms with Crippen LogP contribution >= 0.6 is 0 Å². The Balaban J connectivity index is 2.04. The SMILES string of the molecule is Cc1cccc(C2(C)C[C@H](O)c3cc(F)ccc3O2)c1. The van der Waals surface area contributed by atoms with Crippen molar-refractivity contribution in [1.29, 1.82) is 0 Å². The van der Waals surface area contributed by atoms with Crippen molar-refractivity contribution in [1.82, 2.24) is 0 Å². The Labute approximate surface area is 117 Å². The highest BCUT2D eigenvalue weighted by atomic mass is 19.1. The van der Waals surface area contributed by atoms with Crippen LogP contribution in [0.25, 0.3) is 0 Å². The zero-order valence-corrected chi connectivity index (χ0v) is 11.6. The van der Waals surface area contributed by atoms with Crippen molar-refractivity contribution in [3.63, 3.8) is 0 Å². The van der Waals surface area contributed by atoms with Crippen LogP contribution in [0.1, 0.15) is 36.1 Å². The van der Waals surface area contributed by atoms with E-state index in [2.05, 4.69) is 6.07 Å². The molecule has 0 fully saturated rings. The van der Waals surface area contributed by atoms with Crippen molar-refractivity contribution in [2.75, 3.05) is 0 Å². The molecule has 2 atom stereocenters. The third kappa shape index (κ3) is 2.18. The Hall–Kier alpha value is -1.87. The van der Waals surface area contributed by atoms with Crippen LogP contribution in [-0.2, 0) is 5.60 Å². The van der Waals surface area contributed by atoms with Gasteiger partial charge in [-0.3, -0.25) is 0 Å². The Kier molecular flexibility index (Phi) is 3.02. The number of fused-ring (bicyclic) bond motifs is 1. The number of benzene rings is 2. The molecule has 1 heterocycles. The summed E-state index contributed by atoms with van der Waals surface area (Å²) in [5.74, 6) is 0.194. The van der Waals surface area contributed by atoms with Gasteiger partial charge in [-0.05, 0) is 37.6 Å². The molecule has 0 radical (unpaired) electrons. The molecule has 1 N–H and O–H groups in total. The summed E-state index contributed by atoms with van der Waals surface area (Å²) in [4.78, 5) is 0. The minimum absolute atomic E-state index is 0.356.